The van der Waals surface area contributed by atoms with E-state index in [4.69, 9.17) is 0 Å². The minimum absolute atomic E-state index is 0.0271. The summed E-state index contributed by atoms with van der Waals surface area (Å²) in [6.07, 6.45) is 0.918. The average molecular weight is 329 g/mol. The number of carbonyl (C=O) groups is 1. The van der Waals surface area contributed by atoms with Crippen LogP contribution >= 0.6 is 15.9 Å². The van der Waals surface area contributed by atoms with Gasteiger partial charge in [-0.15, -0.1) is 0 Å². The Morgan fingerprint density at radius 2 is 2.00 bits per heavy atom. The maximum atomic E-state index is 12.4. The van der Waals surface area contributed by atoms with E-state index in [0.29, 0.717) is 18.7 Å². The third-order valence-electron chi connectivity index (χ3n) is 2.89. The molecule has 1 rings (SSSR count). The van der Waals surface area contributed by atoms with E-state index in [1.54, 1.807) is 17.0 Å². The van der Waals surface area contributed by atoms with E-state index in [1.165, 1.54) is 6.07 Å². The van der Waals surface area contributed by atoms with Crippen molar-refractivity contribution in [3.8, 4) is 5.75 Å². The van der Waals surface area contributed by atoms with Crippen LogP contribution in [-0.4, -0.2) is 54.5 Å². The molecule has 1 N–H and O–H groups in total. The van der Waals surface area contributed by atoms with E-state index in [1.807, 2.05) is 21.0 Å². The monoisotopic (exact) mass is 328 g/mol. The molecule has 0 heterocycles. The fourth-order valence-electron chi connectivity index (χ4n) is 1.83. The fraction of sp³-hybridized carbons (Fsp3) is 0.500. The minimum Gasteiger partial charge on any atom is -0.507 e. The summed E-state index contributed by atoms with van der Waals surface area (Å²) >= 11 is 3.32. The summed E-state index contributed by atoms with van der Waals surface area (Å²) in [5.41, 5.74) is 0.348. The number of amides is 1. The number of benzene rings is 1. The predicted molar refractivity (Wildman–Crippen MR) is 80.6 cm³/mol. The van der Waals surface area contributed by atoms with Gasteiger partial charge in [-0.3, -0.25) is 4.79 Å². The van der Waals surface area contributed by atoms with Gasteiger partial charge in [0.25, 0.3) is 5.91 Å². The lowest BCUT2D eigenvalue weighted by molar-refractivity contribution is 0.0756. The highest BCUT2D eigenvalue weighted by atomic mass is 79.9. The third kappa shape index (κ3) is 4.84. The highest BCUT2D eigenvalue weighted by Gasteiger charge is 2.17. The number of phenolic OH excluding ortho intramolecular Hbond substituents is 1. The molecule has 4 nitrogen and oxygen atoms in total. The number of phenols is 1. The molecule has 0 fully saturated rings. The molecule has 0 spiro atoms. The van der Waals surface area contributed by atoms with Crippen molar-refractivity contribution in [3.63, 3.8) is 0 Å². The highest BCUT2D eigenvalue weighted by molar-refractivity contribution is 9.10. The van der Waals surface area contributed by atoms with Crippen LogP contribution in [-0.2, 0) is 0 Å². The Morgan fingerprint density at radius 3 is 2.58 bits per heavy atom. The lowest BCUT2D eigenvalue weighted by atomic mass is 10.1. The highest BCUT2D eigenvalue weighted by Crippen LogP contribution is 2.23. The fourth-order valence-corrected chi connectivity index (χ4v) is 2.19. The average Bonchev–Trinajstić information content (AvgIpc) is 2.36. The largest absolute Gasteiger partial charge is 0.507 e. The van der Waals surface area contributed by atoms with Crippen LogP contribution in [0.3, 0.4) is 0 Å². The van der Waals surface area contributed by atoms with Crippen LogP contribution in [0.1, 0.15) is 23.7 Å². The summed E-state index contributed by atoms with van der Waals surface area (Å²) in [6, 6.07) is 4.91. The van der Waals surface area contributed by atoms with Gasteiger partial charge in [-0.2, -0.15) is 0 Å². The number of hydrogen-bond acceptors (Lipinski definition) is 3. The first-order valence-electron chi connectivity index (χ1n) is 6.38. The maximum Gasteiger partial charge on any atom is 0.257 e. The number of hydrogen-bond donors (Lipinski definition) is 1. The smallest absolute Gasteiger partial charge is 0.257 e. The zero-order valence-corrected chi connectivity index (χ0v) is 13.3. The third-order valence-corrected chi connectivity index (χ3v) is 3.38. The van der Waals surface area contributed by atoms with Crippen molar-refractivity contribution in [2.75, 3.05) is 33.7 Å². The van der Waals surface area contributed by atoms with Crippen LogP contribution < -0.4 is 0 Å². The topological polar surface area (TPSA) is 43.8 Å². The van der Waals surface area contributed by atoms with E-state index in [2.05, 4.69) is 20.8 Å². The van der Waals surface area contributed by atoms with Crippen molar-refractivity contribution in [1.29, 1.82) is 0 Å². The number of aromatic hydroxyl groups is 1. The Kier molecular flexibility index (Phi) is 6.31. The van der Waals surface area contributed by atoms with Crippen LogP contribution in [0.2, 0.25) is 0 Å². The first kappa shape index (κ1) is 16.0. The number of rotatable bonds is 6. The van der Waals surface area contributed by atoms with E-state index in [-0.39, 0.29) is 11.7 Å². The molecule has 0 atom stereocenters. The van der Waals surface area contributed by atoms with E-state index < -0.39 is 0 Å². The molecule has 1 aromatic rings. The van der Waals surface area contributed by atoms with Crippen molar-refractivity contribution < 1.29 is 9.90 Å². The number of carbonyl (C=O) groups excluding carboxylic acids is 1. The summed E-state index contributed by atoms with van der Waals surface area (Å²) in [4.78, 5) is 16.2. The van der Waals surface area contributed by atoms with Gasteiger partial charge in [-0.05, 0) is 52.2 Å². The zero-order chi connectivity index (χ0) is 14.4. The van der Waals surface area contributed by atoms with Gasteiger partial charge in [-0.1, -0.05) is 15.9 Å². The normalized spacial score (nSPS) is 10.8. The molecule has 5 heteroatoms. The van der Waals surface area contributed by atoms with Crippen LogP contribution in [0.4, 0.5) is 0 Å². The second-order valence-electron chi connectivity index (χ2n) is 4.70. The SMILES string of the molecule is CCN(CCCN(C)C)C(=O)c1cc(Br)ccc1O. The quantitative estimate of drug-likeness (QED) is 0.872. The Morgan fingerprint density at radius 1 is 1.32 bits per heavy atom. The Bertz CT molecular complexity index is 435. The Hall–Kier alpha value is -1.07. The summed E-state index contributed by atoms with van der Waals surface area (Å²) in [5.74, 6) is -0.0979. The van der Waals surface area contributed by atoms with Gasteiger partial charge in [-0.25, -0.2) is 0 Å². The first-order chi connectivity index (χ1) is 8.95. The molecule has 0 aliphatic rings. The van der Waals surface area contributed by atoms with Gasteiger partial charge in [0.1, 0.15) is 5.75 Å². The lowest BCUT2D eigenvalue weighted by Crippen LogP contribution is -2.33. The molecule has 0 saturated heterocycles. The maximum absolute atomic E-state index is 12.4. The second-order valence-corrected chi connectivity index (χ2v) is 5.62. The molecule has 0 aromatic heterocycles. The minimum atomic E-state index is -0.125. The molecule has 1 amide bonds. The van der Waals surface area contributed by atoms with Gasteiger partial charge < -0.3 is 14.9 Å². The van der Waals surface area contributed by atoms with Crippen molar-refractivity contribution >= 4 is 21.8 Å². The molecule has 0 aliphatic carbocycles. The van der Waals surface area contributed by atoms with E-state index in [0.717, 1.165) is 17.4 Å². The molecule has 0 aliphatic heterocycles. The van der Waals surface area contributed by atoms with E-state index in [9.17, 15) is 9.90 Å². The van der Waals surface area contributed by atoms with Crippen LogP contribution in [0, 0.1) is 0 Å². The molecule has 0 saturated carbocycles. The Balaban J connectivity index is 2.75. The summed E-state index contributed by atoms with van der Waals surface area (Å²) in [6.45, 7) is 4.22. The molecule has 0 unspecified atom stereocenters. The molecule has 1 aromatic carbocycles. The summed E-state index contributed by atoms with van der Waals surface area (Å²) in [5, 5.41) is 9.79. The standard InChI is InChI=1S/C14H21BrN2O2/c1-4-17(9-5-8-16(2)3)14(19)12-10-11(15)6-7-13(12)18/h6-7,10,18H,4-5,8-9H2,1-3H3. The van der Waals surface area contributed by atoms with Gasteiger partial charge >= 0.3 is 0 Å². The number of halogens is 1. The predicted octanol–water partition coefficient (Wildman–Crippen LogP) is 2.57. The van der Waals surface area contributed by atoms with Crippen LogP contribution in [0.15, 0.2) is 22.7 Å². The lowest BCUT2D eigenvalue weighted by Gasteiger charge is -2.22. The van der Waals surface area contributed by atoms with Crippen molar-refractivity contribution in [3.05, 3.63) is 28.2 Å². The molecule has 0 bridgehead atoms. The second kappa shape index (κ2) is 7.50. The van der Waals surface area contributed by atoms with Gasteiger partial charge in [0.2, 0.25) is 0 Å². The van der Waals surface area contributed by atoms with Crippen molar-refractivity contribution in [1.82, 2.24) is 9.80 Å². The summed E-state index contributed by atoms with van der Waals surface area (Å²) in [7, 11) is 4.02. The van der Waals surface area contributed by atoms with Gasteiger partial charge in [0.05, 0.1) is 5.56 Å². The number of nitrogens with zero attached hydrogens (tertiary/aromatic N) is 2. The molecule has 19 heavy (non-hydrogen) atoms. The molecule has 0 radical (unpaired) electrons. The molecular weight excluding hydrogens is 308 g/mol. The van der Waals surface area contributed by atoms with Crippen molar-refractivity contribution in [2.45, 2.75) is 13.3 Å². The van der Waals surface area contributed by atoms with Crippen molar-refractivity contribution in [2.24, 2.45) is 0 Å². The van der Waals surface area contributed by atoms with Crippen LogP contribution in [0.5, 0.6) is 5.75 Å². The molecular formula is C14H21BrN2O2. The molecule has 106 valence electrons. The first-order valence-corrected chi connectivity index (χ1v) is 7.17. The van der Waals surface area contributed by atoms with Gasteiger partial charge in [0.15, 0.2) is 0 Å². The summed E-state index contributed by atoms with van der Waals surface area (Å²) < 4.78 is 0.790. The van der Waals surface area contributed by atoms with Crippen LogP contribution in [0.25, 0.3) is 0 Å². The van der Waals surface area contributed by atoms with E-state index >= 15 is 0 Å². The zero-order valence-electron chi connectivity index (χ0n) is 11.7. The Labute approximate surface area is 123 Å². The van der Waals surface area contributed by atoms with Gasteiger partial charge in [0, 0.05) is 17.6 Å².